The maximum absolute atomic E-state index is 13.7. The molecular formula is C33H44N4O5S2. The van der Waals surface area contributed by atoms with Crippen LogP contribution in [0.3, 0.4) is 0 Å². The molecular weight excluding hydrogens is 597 g/mol. The van der Waals surface area contributed by atoms with E-state index in [2.05, 4.69) is 10.6 Å². The Labute approximate surface area is 262 Å². The van der Waals surface area contributed by atoms with E-state index in [1.165, 1.54) is 8.61 Å². The Balaban J connectivity index is 1.57. The smallest absolute Gasteiger partial charge is 0.243 e. The zero-order chi connectivity index (χ0) is 31.6. The first kappa shape index (κ1) is 33.8. The molecule has 1 atom stereocenters. The summed E-state index contributed by atoms with van der Waals surface area (Å²) in [6.07, 6.45) is 2.20. The van der Waals surface area contributed by atoms with E-state index < -0.39 is 20.0 Å². The number of nitrogens with zero attached hydrogens (tertiary/aromatic N) is 2. The molecule has 1 aliphatic heterocycles. The summed E-state index contributed by atoms with van der Waals surface area (Å²) in [5, 5.41) is 6.42. The third-order valence-corrected chi connectivity index (χ3v) is 11.7. The van der Waals surface area contributed by atoms with Crippen LogP contribution in [0, 0.1) is 13.8 Å². The number of rotatable bonds is 5. The molecule has 1 amide bonds. The van der Waals surface area contributed by atoms with E-state index in [-0.39, 0.29) is 47.8 Å². The maximum Gasteiger partial charge on any atom is 0.243 e. The van der Waals surface area contributed by atoms with Gasteiger partial charge in [0, 0.05) is 45.2 Å². The number of carbonyl (C=O) groups excluding carboxylic acids is 1. The van der Waals surface area contributed by atoms with Crippen molar-refractivity contribution in [1.82, 2.24) is 19.2 Å². The monoisotopic (exact) mass is 640 g/mol. The van der Waals surface area contributed by atoms with Crippen LogP contribution < -0.4 is 10.6 Å². The van der Waals surface area contributed by atoms with Gasteiger partial charge in [-0.15, -0.1) is 0 Å². The van der Waals surface area contributed by atoms with Crippen molar-refractivity contribution in [2.24, 2.45) is 0 Å². The maximum atomic E-state index is 13.7. The molecule has 44 heavy (non-hydrogen) atoms. The van der Waals surface area contributed by atoms with Gasteiger partial charge in [-0.3, -0.25) is 4.79 Å². The van der Waals surface area contributed by atoms with Crippen molar-refractivity contribution in [2.45, 2.75) is 61.8 Å². The second-order valence-electron chi connectivity index (χ2n) is 11.3. The molecule has 11 heteroatoms. The number of amides is 1. The zero-order valence-electron chi connectivity index (χ0n) is 25.6. The van der Waals surface area contributed by atoms with Crippen molar-refractivity contribution >= 4 is 26.0 Å². The molecule has 1 heterocycles. The first-order valence-corrected chi connectivity index (χ1v) is 18.1. The van der Waals surface area contributed by atoms with Gasteiger partial charge in [-0.2, -0.15) is 8.61 Å². The molecule has 238 valence electrons. The van der Waals surface area contributed by atoms with Crippen LogP contribution in [0.5, 0.6) is 0 Å². The Morgan fingerprint density at radius 3 is 1.57 bits per heavy atom. The number of hydrogen-bond donors (Lipinski definition) is 2. The molecule has 9 nitrogen and oxygen atoms in total. The van der Waals surface area contributed by atoms with Gasteiger partial charge in [-0.25, -0.2) is 16.8 Å². The fourth-order valence-corrected chi connectivity index (χ4v) is 8.30. The van der Waals surface area contributed by atoms with Gasteiger partial charge in [0.2, 0.25) is 26.0 Å². The number of benzene rings is 3. The minimum Gasteiger partial charge on any atom is -0.356 e. The fourth-order valence-electron chi connectivity index (χ4n) is 5.26. The minimum absolute atomic E-state index is 0.132. The van der Waals surface area contributed by atoms with Gasteiger partial charge in [-0.05, 0) is 75.9 Å². The van der Waals surface area contributed by atoms with Crippen molar-refractivity contribution in [3.63, 3.8) is 0 Å². The van der Waals surface area contributed by atoms with Crippen molar-refractivity contribution in [2.75, 3.05) is 39.3 Å². The van der Waals surface area contributed by atoms with Crippen molar-refractivity contribution in [3.05, 3.63) is 95.6 Å². The van der Waals surface area contributed by atoms with Crippen LogP contribution >= 0.6 is 0 Å². The number of carbonyl (C=O) groups is 1. The van der Waals surface area contributed by atoms with Crippen LogP contribution in [-0.2, 0) is 24.8 Å². The van der Waals surface area contributed by atoms with E-state index >= 15 is 0 Å². The van der Waals surface area contributed by atoms with E-state index in [0.717, 1.165) is 16.7 Å². The van der Waals surface area contributed by atoms with Gasteiger partial charge < -0.3 is 10.6 Å². The largest absolute Gasteiger partial charge is 0.356 e. The molecule has 0 radical (unpaired) electrons. The SMILES string of the molecule is Cc1ccc(S(=O)(=O)N2CCCCN(S(=O)(=O)c3ccc(C)cc3)CCCNC(c3ccccc3)CC(=O)NCCC2)cc1. The lowest BCUT2D eigenvalue weighted by Crippen LogP contribution is -2.36. The summed E-state index contributed by atoms with van der Waals surface area (Å²) < 4.78 is 57.6. The molecule has 3 aromatic rings. The number of aryl methyl sites for hydroxylation is 2. The van der Waals surface area contributed by atoms with Crippen molar-refractivity contribution in [1.29, 1.82) is 0 Å². The molecule has 0 aliphatic carbocycles. The lowest BCUT2D eigenvalue weighted by atomic mass is 10.0. The minimum atomic E-state index is -3.77. The highest BCUT2D eigenvalue weighted by atomic mass is 32.2. The Bertz CT molecular complexity index is 1560. The lowest BCUT2D eigenvalue weighted by molar-refractivity contribution is -0.121. The fraction of sp³-hybridized carbons (Fsp3) is 0.424. The third kappa shape index (κ3) is 9.21. The summed E-state index contributed by atoms with van der Waals surface area (Å²) in [6, 6.07) is 23.1. The van der Waals surface area contributed by atoms with Crippen LogP contribution in [0.4, 0.5) is 0 Å². The van der Waals surface area contributed by atoms with Crippen molar-refractivity contribution in [3.8, 4) is 0 Å². The molecule has 0 spiro atoms. The van der Waals surface area contributed by atoms with E-state index in [1.807, 2.05) is 44.2 Å². The molecule has 2 N–H and O–H groups in total. The van der Waals surface area contributed by atoms with Crippen LogP contribution in [0.1, 0.15) is 54.8 Å². The number of nitrogens with one attached hydrogen (secondary N) is 2. The number of hydrogen-bond acceptors (Lipinski definition) is 6. The van der Waals surface area contributed by atoms with Gasteiger partial charge in [0.15, 0.2) is 0 Å². The predicted octanol–water partition coefficient (Wildman–Crippen LogP) is 4.40. The summed E-state index contributed by atoms with van der Waals surface area (Å²) in [5.74, 6) is -0.132. The molecule has 1 aliphatic rings. The molecule has 4 rings (SSSR count). The van der Waals surface area contributed by atoms with E-state index in [0.29, 0.717) is 45.3 Å². The average molecular weight is 641 g/mol. The average Bonchev–Trinajstić information content (AvgIpc) is 3.01. The highest BCUT2D eigenvalue weighted by molar-refractivity contribution is 7.89. The molecule has 0 aromatic heterocycles. The molecule has 3 aromatic carbocycles. The first-order chi connectivity index (χ1) is 21.1. The Morgan fingerprint density at radius 2 is 1.07 bits per heavy atom. The molecule has 1 unspecified atom stereocenters. The lowest BCUT2D eigenvalue weighted by Gasteiger charge is -2.25. The highest BCUT2D eigenvalue weighted by Gasteiger charge is 2.27. The van der Waals surface area contributed by atoms with E-state index in [4.69, 9.17) is 0 Å². The molecule has 1 fully saturated rings. The Kier molecular flexibility index (Phi) is 12.1. The Morgan fingerprint density at radius 1 is 0.614 bits per heavy atom. The summed E-state index contributed by atoms with van der Waals surface area (Å²) in [4.78, 5) is 13.4. The molecule has 0 bridgehead atoms. The van der Waals surface area contributed by atoms with Gasteiger partial charge in [0.05, 0.1) is 9.79 Å². The topological polar surface area (TPSA) is 116 Å². The molecule has 0 saturated carbocycles. The predicted molar refractivity (Wildman–Crippen MR) is 173 cm³/mol. The summed E-state index contributed by atoms with van der Waals surface area (Å²) in [7, 11) is -7.53. The van der Waals surface area contributed by atoms with Gasteiger partial charge in [0.1, 0.15) is 0 Å². The van der Waals surface area contributed by atoms with Gasteiger partial charge >= 0.3 is 0 Å². The van der Waals surface area contributed by atoms with Crippen LogP contribution in [0.25, 0.3) is 0 Å². The van der Waals surface area contributed by atoms with Gasteiger partial charge in [-0.1, -0.05) is 65.7 Å². The number of sulfonamides is 2. The quantitative estimate of drug-likeness (QED) is 0.428. The second kappa shape index (κ2) is 15.8. The molecule has 1 saturated heterocycles. The third-order valence-electron chi connectivity index (χ3n) is 7.86. The first-order valence-electron chi connectivity index (χ1n) is 15.3. The van der Waals surface area contributed by atoms with Crippen LogP contribution in [0.15, 0.2) is 88.7 Å². The van der Waals surface area contributed by atoms with E-state index in [9.17, 15) is 21.6 Å². The standard InChI is InChI=1S/C33H44N4O5S2/c1-27-12-16-30(17-13-27)43(39,40)36-22-6-7-23-37(44(41,42)31-18-14-28(2)15-19-31)25-9-21-35-33(38)26-32(34-20-8-24-36)29-10-4-3-5-11-29/h3-5,10-19,32,34H,6-9,20-26H2,1-2H3,(H,35,38). The van der Waals surface area contributed by atoms with Crippen molar-refractivity contribution < 1.29 is 21.6 Å². The summed E-state index contributed by atoms with van der Waals surface area (Å²) >= 11 is 0. The highest BCUT2D eigenvalue weighted by Crippen LogP contribution is 2.21. The summed E-state index contributed by atoms with van der Waals surface area (Å²) in [5.41, 5.74) is 2.91. The normalized spacial score (nSPS) is 19.6. The van der Waals surface area contributed by atoms with Gasteiger partial charge in [0.25, 0.3) is 0 Å². The van der Waals surface area contributed by atoms with E-state index in [1.54, 1.807) is 48.5 Å². The second-order valence-corrected chi connectivity index (χ2v) is 15.2. The Hall–Kier alpha value is -3.09. The van der Waals surface area contributed by atoms with Crippen LogP contribution in [0.2, 0.25) is 0 Å². The van der Waals surface area contributed by atoms with Crippen LogP contribution in [-0.4, -0.2) is 70.6 Å². The zero-order valence-corrected chi connectivity index (χ0v) is 27.2. The summed E-state index contributed by atoms with van der Waals surface area (Å²) in [6.45, 7) is 5.75.